The van der Waals surface area contributed by atoms with E-state index < -0.39 is 41.1 Å². The van der Waals surface area contributed by atoms with Crippen molar-refractivity contribution in [2.45, 2.75) is 97.1 Å². The number of fused-ring (bicyclic) bond motifs is 2. The molecule has 16 rings (SSSR count). The highest BCUT2D eigenvalue weighted by Gasteiger charge is 2.26. The zero-order valence-corrected chi connectivity index (χ0v) is 65.6. The fourth-order valence-electron chi connectivity index (χ4n) is 12.6. The van der Waals surface area contributed by atoms with Gasteiger partial charge in [0, 0.05) is 29.0 Å². The lowest BCUT2D eigenvalue weighted by Gasteiger charge is -2.26. The van der Waals surface area contributed by atoms with E-state index in [4.69, 9.17) is 19.2 Å². The number of rotatable bonds is 18. The molecule has 16 aromatic rings. The number of ether oxygens (including phenoxy) is 3. The first-order valence-corrected chi connectivity index (χ1v) is 40.7. The molecule has 0 bridgehead atoms. The Kier molecular flexibility index (Phi) is 27.2. The maximum absolute atomic E-state index is 13.6. The Labute approximate surface area is 688 Å². The number of imidazole rings is 2. The first kappa shape index (κ1) is 86.9. The van der Waals surface area contributed by atoms with Crippen LogP contribution in [0.2, 0.25) is 0 Å². The Morgan fingerprint density at radius 1 is 0.331 bits per heavy atom. The van der Waals surface area contributed by atoms with Crippen LogP contribution in [0.15, 0.2) is 369 Å². The van der Waals surface area contributed by atoms with Crippen molar-refractivity contribution in [3.8, 4) is 74.5 Å². The van der Waals surface area contributed by atoms with E-state index in [1.54, 1.807) is 121 Å². The molecule has 14 aromatic carbocycles. The largest absolute Gasteiger partial charge is 0.508 e. The molecule has 0 unspecified atom stereocenters. The average Bonchev–Trinajstić information content (AvgIpc) is 1.54. The van der Waals surface area contributed by atoms with Crippen molar-refractivity contribution in [1.82, 2.24) is 19.5 Å². The van der Waals surface area contributed by atoms with Gasteiger partial charge in [-0.1, -0.05) is 140 Å². The highest BCUT2D eigenvalue weighted by Crippen LogP contribution is 2.38. The number of hydrogen-bond acceptors (Lipinski definition) is 14. The molecular formula is C97H90F2N4O12S3. The fraction of sp³-hybridized carbons (Fsp3) is 0.113. The van der Waals surface area contributed by atoms with Gasteiger partial charge in [-0.3, -0.25) is 0 Å². The van der Waals surface area contributed by atoms with Gasteiger partial charge in [0.15, 0.2) is 0 Å². The maximum Gasteiger partial charge on any atom is 0.206 e. The topological polar surface area (TPSA) is 237 Å². The molecule has 0 radical (unpaired) electrons. The number of nitrogens with zero attached hydrogens (tertiary/aromatic N) is 3. The molecular weight excluding hydrogens is 1550 g/mol. The summed E-state index contributed by atoms with van der Waals surface area (Å²) in [5.41, 5.74) is 10.7. The highest BCUT2D eigenvalue weighted by atomic mass is 32.2. The number of para-hydroxylation sites is 4. The van der Waals surface area contributed by atoms with Gasteiger partial charge in [-0.2, -0.15) is 0 Å². The lowest BCUT2D eigenvalue weighted by Crippen LogP contribution is -2.18. The molecule has 0 aliphatic carbocycles. The van der Waals surface area contributed by atoms with Crippen molar-refractivity contribution in [3.63, 3.8) is 0 Å². The SMILES string of the molecule is C.C.C.CC(C)(c1ccc(O)cc1)c1ccc(O)cc1.Cc1ccc(S(=O)(=O)c2ccc(Oc3ccc(C(C)(C)c4ccc(Oc5ccc(S(=O)(=O)c6ccc(Oc7ccc(-c8nc9ccccc9n8C)cc7)cc6)cc5)cc4)cc3)cc2)cc1.O=S(=O)(c1ccc(F)cc1)c1ccc(F)cc1.Oc1ccc(-c2nc3ccccc3[nH]2)cc1. The number of aromatic hydroxyl groups is 3. The third kappa shape index (κ3) is 20.2. The molecule has 16 nitrogen and oxygen atoms in total. The molecule has 118 heavy (non-hydrogen) atoms. The number of aromatic amines is 1. The number of nitrogens with one attached hydrogen (secondary N) is 1. The minimum absolute atomic E-state index is 0. The quantitative estimate of drug-likeness (QED) is 0.0585. The van der Waals surface area contributed by atoms with E-state index >= 15 is 0 Å². The van der Waals surface area contributed by atoms with Crippen molar-refractivity contribution in [3.05, 3.63) is 379 Å². The number of aryl methyl sites for hydroxylation is 2. The zero-order valence-electron chi connectivity index (χ0n) is 63.2. The van der Waals surface area contributed by atoms with Crippen molar-refractivity contribution in [2.75, 3.05) is 0 Å². The highest BCUT2D eigenvalue weighted by molar-refractivity contribution is 7.92. The molecule has 0 fully saturated rings. The normalized spacial score (nSPS) is 11.3. The van der Waals surface area contributed by atoms with Gasteiger partial charge < -0.3 is 39.1 Å². The van der Waals surface area contributed by atoms with Crippen LogP contribution in [-0.2, 0) is 47.4 Å². The van der Waals surface area contributed by atoms with Crippen LogP contribution < -0.4 is 14.2 Å². The Hall–Kier alpha value is -13.5. The number of sulfone groups is 3. The first-order valence-electron chi connectivity index (χ1n) is 36.3. The van der Waals surface area contributed by atoms with Gasteiger partial charge in [0.05, 0.1) is 51.4 Å². The summed E-state index contributed by atoms with van der Waals surface area (Å²) < 4.78 is 123. The van der Waals surface area contributed by atoms with E-state index in [0.29, 0.717) is 34.5 Å². The lowest BCUT2D eigenvalue weighted by atomic mass is 9.78. The summed E-state index contributed by atoms with van der Waals surface area (Å²) in [5.74, 6) is 4.85. The molecule has 0 atom stereocenters. The molecule has 0 saturated carbocycles. The van der Waals surface area contributed by atoms with Crippen LogP contribution in [-0.4, -0.2) is 60.1 Å². The van der Waals surface area contributed by atoms with E-state index in [-0.39, 0.29) is 79.7 Å². The van der Waals surface area contributed by atoms with Crippen LogP contribution in [0.5, 0.6) is 51.7 Å². The van der Waals surface area contributed by atoms with E-state index in [0.717, 1.165) is 96.9 Å². The molecule has 21 heteroatoms. The van der Waals surface area contributed by atoms with Crippen molar-refractivity contribution < 1.29 is 63.6 Å². The van der Waals surface area contributed by atoms with E-state index in [1.165, 1.54) is 36.4 Å². The van der Waals surface area contributed by atoms with E-state index in [1.807, 2.05) is 172 Å². The van der Waals surface area contributed by atoms with Crippen molar-refractivity contribution >= 4 is 51.6 Å². The summed E-state index contributed by atoms with van der Waals surface area (Å²) in [6.45, 7) is 10.4. The summed E-state index contributed by atoms with van der Waals surface area (Å²) in [4.78, 5) is 13.2. The number of aromatic nitrogens is 4. The smallest absolute Gasteiger partial charge is 0.206 e. The Bertz CT molecular complexity index is 6270. The molecule has 2 heterocycles. The van der Waals surface area contributed by atoms with Gasteiger partial charge in [-0.25, -0.2) is 44.0 Å². The van der Waals surface area contributed by atoms with Gasteiger partial charge in [0.2, 0.25) is 29.5 Å². The predicted octanol–water partition coefficient (Wildman–Crippen LogP) is 24.0. The monoisotopic (exact) mass is 1640 g/mol. The second-order valence-corrected chi connectivity index (χ2v) is 33.9. The Balaban J connectivity index is 0.000000221. The van der Waals surface area contributed by atoms with Crippen LogP contribution in [0.3, 0.4) is 0 Å². The van der Waals surface area contributed by atoms with Gasteiger partial charge in [-0.05, 0) is 284 Å². The average molecular weight is 1640 g/mol. The molecule has 0 aliphatic rings. The van der Waals surface area contributed by atoms with Crippen LogP contribution in [0, 0.1) is 18.6 Å². The zero-order chi connectivity index (χ0) is 81.2. The molecule has 0 aliphatic heterocycles. The summed E-state index contributed by atoms with van der Waals surface area (Å²) in [6, 6.07) is 95.5. The molecule has 0 amide bonds. The number of phenolic OH excluding ortho intramolecular Hbond substituents is 3. The fourth-order valence-corrected chi connectivity index (χ4v) is 16.4. The summed E-state index contributed by atoms with van der Waals surface area (Å²) in [5, 5.41) is 27.8. The van der Waals surface area contributed by atoms with E-state index in [9.17, 15) is 49.4 Å². The lowest BCUT2D eigenvalue weighted by molar-refractivity contribution is 0.473. The van der Waals surface area contributed by atoms with Gasteiger partial charge in [0.25, 0.3) is 0 Å². The molecule has 602 valence electrons. The number of H-pyrrole nitrogens is 1. The number of benzene rings is 14. The van der Waals surface area contributed by atoms with Crippen molar-refractivity contribution in [2.24, 2.45) is 7.05 Å². The summed E-state index contributed by atoms with van der Waals surface area (Å²) in [6.07, 6.45) is 0. The van der Waals surface area contributed by atoms with Gasteiger partial charge in [0.1, 0.15) is 75.0 Å². The third-order valence-corrected chi connectivity index (χ3v) is 24.8. The predicted molar refractivity (Wildman–Crippen MR) is 463 cm³/mol. The Morgan fingerprint density at radius 3 is 0.941 bits per heavy atom. The van der Waals surface area contributed by atoms with Crippen molar-refractivity contribution in [1.29, 1.82) is 0 Å². The number of phenols is 3. The van der Waals surface area contributed by atoms with Gasteiger partial charge >= 0.3 is 0 Å². The minimum Gasteiger partial charge on any atom is -0.508 e. The second kappa shape index (κ2) is 37.0. The summed E-state index contributed by atoms with van der Waals surface area (Å²) >= 11 is 0. The summed E-state index contributed by atoms with van der Waals surface area (Å²) in [7, 11) is -9.15. The van der Waals surface area contributed by atoms with Crippen LogP contribution in [0.1, 0.15) is 77.8 Å². The van der Waals surface area contributed by atoms with Crippen LogP contribution >= 0.6 is 0 Å². The van der Waals surface area contributed by atoms with E-state index in [2.05, 4.69) is 42.2 Å². The number of hydrogen-bond donors (Lipinski definition) is 4. The third-order valence-electron chi connectivity index (χ3n) is 19.4. The molecule has 2 aromatic heterocycles. The number of halogens is 2. The van der Waals surface area contributed by atoms with Crippen LogP contribution in [0.25, 0.3) is 44.8 Å². The van der Waals surface area contributed by atoms with Crippen LogP contribution in [0.4, 0.5) is 8.78 Å². The standard InChI is InChI=1S/C54H44N2O7S2.C15H16O2.C13H10N2O.C12H8F2O2S.3CH4/c1-37-9-29-47(30-10-37)64(57,58)48-31-25-45(26-32-48)62-42-19-13-39(14-20-42)54(2,3)40-15-21-43(22-16-40)63-46-27-35-50(36-28-46)65(59,60)49-33-23-44(24-34-49)61-41-17-11-38(12-18-41)53-55-51-7-5-6-8-52(51)56(53)4;1-15(2,11-3-7-13(16)8-4-11)12-5-9-14(17)10-6-12;16-10-7-5-9(6-8-10)13-14-11-3-1-2-4-12(11)15-13;13-9-1-5-11(6-2-9)17(15,16)12-7-3-10(14)4-8-12;;;/h5-36H,1-4H3;3-10,16-17H,1-2H3;1-8,16H,(H,14,15);1-8H;3*1H4. The second-order valence-electron chi connectivity index (χ2n) is 28.0. The first-order chi connectivity index (χ1) is 55.1. The molecule has 4 N–H and O–H groups in total. The minimum atomic E-state index is -3.80. The molecule has 0 saturated heterocycles. The Morgan fingerprint density at radius 2 is 0.602 bits per heavy atom. The van der Waals surface area contributed by atoms with Gasteiger partial charge in [-0.15, -0.1) is 0 Å². The maximum atomic E-state index is 13.6. The molecule has 0 spiro atoms.